The Hall–Kier alpha value is -1.84. The summed E-state index contributed by atoms with van der Waals surface area (Å²) in [4.78, 5) is 27.0. The molecule has 3 rings (SSSR count). The number of methoxy groups -OCH3 is 1. The molecule has 1 aliphatic carbocycles. The molecule has 1 saturated heterocycles. The molecular formula is C21H29NO3. The SMILES string of the molecule is COC(=O)C1CCC(C(=O)N2[C@H](C)C[C@H](c3ccccc3)[C@@H]2C)CC1. The molecule has 1 saturated carbocycles. The first-order chi connectivity index (χ1) is 12.0. The number of ether oxygens (including phenoxy) is 1. The third-order valence-corrected chi connectivity index (χ3v) is 6.18. The minimum Gasteiger partial charge on any atom is -0.469 e. The normalized spacial score (nSPS) is 32.4. The van der Waals surface area contributed by atoms with E-state index in [-0.39, 0.29) is 35.8 Å². The lowest BCUT2D eigenvalue weighted by atomic mass is 9.81. The highest BCUT2D eigenvalue weighted by atomic mass is 16.5. The molecule has 136 valence electrons. The van der Waals surface area contributed by atoms with E-state index in [1.807, 2.05) is 6.07 Å². The number of likely N-dealkylation sites (tertiary alicyclic amines) is 1. The molecule has 1 aliphatic heterocycles. The molecule has 1 aromatic rings. The first-order valence-corrected chi connectivity index (χ1v) is 9.47. The Kier molecular flexibility index (Phi) is 5.45. The van der Waals surface area contributed by atoms with Gasteiger partial charge in [-0.1, -0.05) is 30.3 Å². The zero-order chi connectivity index (χ0) is 18.0. The van der Waals surface area contributed by atoms with Gasteiger partial charge >= 0.3 is 5.97 Å². The maximum atomic E-state index is 13.2. The molecule has 1 aromatic carbocycles. The van der Waals surface area contributed by atoms with Gasteiger partial charge in [-0.15, -0.1) is 0 Å². The smallest absolute Gasteiger partial charge is 0.308 e. The molecule has 2 fully saturated rings. The monoisotopic (exact) mass is 343 g/mol. The molecule has 4 heteroatoms. The molecule has 1 amide bonds. The number of benzene rings is 1. The third-order valence-electron chi connectivity index (χ3n) is 6.18. The second kappa shape index (κ2) is 7.59. The standard InChI is InChI=1S/C21H29NO3/c1-14-13-19(16-7-5-4-6-8-16)15(2)22(14)20(23)17-9-11-18(12-10-17)21(24)25-3/h4-8,14-15,17-19H,9-13H2,1-3H3/t14-,15+,17?,18?,19+/m1/s1. The van der Waals surface area contributed by atoms with Gasteiger partial charge in [0.1, 0.15) is 0 Å². The fourth-order valence-corrected chi connectivity index (χ4v) is 4.76. The summed E-state index contributed by atoms with van der Waals surface area (Å²) in [5, 5.41) is 0. The van der Waals surface area contributed by atoms with Crippen molar-refractivity contribution in [3.8, 4) is 0 Å². The minimum absolute atomic E-state index is 0.0282. The molecule has 4 nitrogen and oxygen atoms in total. The highest BCUT2D eigenvalue weighted by Crippen LogP contribution is 2.40. The van der Waals surface area contributed by atoms with Crippen LogP contribution in [0.4, 0.5) is 0 Å². The Labute approximate surface area is 150 Å². The van der Waals surface area contributed by atoms with Gasteiger partial charge in [0.05, 0.1) is 13.0 Å². The number of carbonyl (C=O) groups excluding carboxylic acids is 2. The summed E-state index contributed by atoms with van der Waals surface area (Å²) in [5.41, 5.74) is 1.33. The molecule has 0 spiro atoms. The fourth-order valence-electron chi connectivity index (χ4n) is 4.76. The molecule has 0 N–H and O–H groups in total. The van der Waals surface area contributed by atoms with Gasteiger partial charge in [-0.3, -0.25) is 9.59 Å². The van der Waals surface area contributed by atoms with Crippen LogP contribution in [0.25, 0.3) is 0 Å². The number of nitrogens with zero attached hydrogens (tertiary/aromatic N) is 1. The van der Waals surface area contributed by atoms with Crippen LogP contribution in [-0.4, -0.2) is 36.0 Å². The van der Waals surface area contributed by atoms with E-state index in [9.17, 15) is 9.59 Å². The average molecular weight is 343 g/mol. The predicted octanol–water partition coefficient (Wildman–Crippen LogP) is 3.76. The highest BCUT2D eigenvalue weighted by Gasteiger charge is 2.42. The Balaban J connectivity index is 1.65. The topological polar surface area (TPSA) is 46.6 Å². The van der Waals surface area contributed by atoms with Crippen LogP contribution in [0.2, 0.25) is 0 Å². The minimum atomic E-state index is -0.127. The Morgan fingerprint density at radius 1 is 1.00 bits per heavy atom. The zero-order valence-electron chi connectivity index (χ0n) is 15.5. The van der Waals surface area contributed by atoms with E-state index in [2.05, 4.69) is 43.0 Å². The van der Waals surface area contributed by atoms with Crippen LogP contribution < -0.4 is 0 Å². The van der Waals surface area contributed by atoms with Crippen molar-refractivity contribution in [1.82, 2.24) is 4.90 Å². The molecule has 0 radical (unpaired) electrons. The van der Waals surface area contributed by atoms with Gasteiger partial charge in [-0.2, -0.15) is 0 Å². The van der Waals surface area contributed by atoms with Gasteiger partial charge in [0.15, 0.2) is 0 Å². The van der Waals surface area contributed by atoms with Crippen molar-refractivity contribution in [2.45, 2.75) is 64.0 Å². The third kappa shape index (κ3) is 3.58. The molecule has 1 heterocycles. The number of hydrogen-bond acceptors (Lipinski definition) is 3. The van der Waals surface area contributed by atoms with Crippen LogP contribution in [0.1, 0.15) is 57.4 Å². The summed E-state index contributed by atoms with van der Waals surface area (Å²) in [5.74, 6) is 0.589. The first kappa shape index (κ1) is 18.0. The summed E-state index contributed by atoms with van der Waals surface area (Å²) in [6.45, 7) is 4.34. The highest BCUT2D eigenvalue weighted by molar-refractivity contribution is 5.80. The van der Waals surface area contributed by atoms with Crippen LogP contribution in [-0.2, 0) is 14.3 Å². The lowest BCUT2D eigenvalue weighted by Gasteiger charge is -2.34. The van der Waals surface area contributed by atoms with Crippen LogP contribution >= 0.6 is 0 Å². The molecular weight excluding hydrogens is 314 g/mol. The maximum Gasteiger partial charge on any atom is 0.308 e. The van der Waals surface area contributed by atoms with Gasteiger partial charge in [0.2, 0.25) is 5.91 Å². The Morgan fingerprint density at radius 2 is 1.60 bits per heavy atom. The van der Waals surface area contributed by atoms with Crippen molar-refractivity contribution in [2.24, 2.45) is 11.8 Å². The summed E-state index contributed by atoms with van der Waals surface area (Å²) < 4.78 is 4.85. The van der Waals surface area contributed by atoms with Crippen molar-refractivity contribution in [2.75, 3.05) is 7.11 Å². The number of amides is 1. The van der Waals surface area contributed by atoms with Gasteiger partial charge < -0.3 is 9.64 Å². The lowest BCUT2D eigenvalue weighted by molar-refractivity contribution is -0.149. The van der Waals surface area contributed by atoms with Gasteiger partial charge in [-0.25, -0.2) is 0 Å². The number of carbonyl (C=O) groups is 2. The second-order valence-corrected chi connectivity index (χ2v) is 7.66. The lowest BCUT2D eigenvalue weighted by Crippen LogP contribution is -2.44. The summed E-state index contributed by atoms with van der Waals surface area (Å²) in [6.07, 6.45) is 4.15. The van der Waals surface area contributed by atoms with Crippen molar-refractivity contribution in [3.63, 3.8) is 0 Å². The van der Waals surface area contributed by atoms with E-state index in [1.54, 1.807) is 0 Å². The van der Waals surface area contributed by atoms with E-state index >= 15 is 0 Å². The number of rotatable bonds is 3. The molecule has 3 atom stereocenters. The van der Waals surface area contributed by atoms with E-state index < -0.39 is 0 Å². The van der Waals surface area contributed by atoms with Crippen molar-refractivity contribution in [1.29, 1.82) is 0 Å². The Morgan fingerprint density at radius 3 is 2.20 bits per heavy atom. The maximum absolute atomic E-state index is 13.2. The van der Waals surface area contributed by atoms with Crippen LogP contribution in [0, 0.1) is 11.8 Å². The van der Waals surface area contributed by atoms with E-state index in [0.29, 0.717) is 5.92 Å². The molecule has 0 aromatic heterocycles. The van der Waals surface area contributed by atoms with Crippen molar-refractivity contribution >= 4 is 11.9 Å². The molecule has 25 heavy (non-hydrogen) atoms. The number of esters is 1. The van der Waals surface area contributed by atoms with Crippen molar-refractivity contribution in [3.05, 3.63) is 35.9 Å². The molecule has 0 bridgehead atoms. The molecule has 0 unspecified atom stereocenters. The van der Waals surface area contributed by atoms with Gasteiger partial charge in [-0.05, 0) is 51.5 Å². The predicted molar refractivity (Wildman–Crippen MR) is 97.0 cm³/mol. The fraction of sp³-hybridized carbons (Fsp3) is 0.619. The first-order valence-electron chi connectivity index (χ1n) is 9.47. The van der Waals surface area contributed by atoms with Crippen molar-refractivity contribution < 1.29 is 14.3 Å². The van der Waals surface area contributed by atoms with Gasteiger partial charge in [0, 0.05) is 23.9 Å². The second-order valence-electron chi connectivity index (χ2n) is 7.66. The van der Waals surface area contributed by atoms with Crippen LogP contribution in [0.15, 0.2) is 30.3 Å². The largest absolute Gasteiger partial charge is 0.469 e. The van der Waals surface area contributed by atoms with Crippen LogP contribution in [0.3, 0.4) is 0 Å². The van der Waals surface area contributed by atoms with E-state index in [0.717, 1.165) is 32.1 Å². The average Bonchev–Trinajstić information content (AvgIpc) is 2.95. The quantitative estimate of drug-likeness (QED) is 0.785. The summed E-state index contributed by atoms with van der Waals surface area (Å²) in [6, 6.07) is 11.0. The summed E-state index contributed by atoms with van der Waals surface area (Å²) in [7, 11) is 1.44. The number of hydrogen-bond donors (Lipinski definition) is 0. The van der Waals surface area contributed by atoms with E-state index in [1.165, 1.54) is 12.7 Å². The molecule has 2 aliphatic rings. The summed E-state index contributed by atoms with van der Waals surface area (Å²) >= 11 is 0. The van der Waals surface area contributed by atoms with Crippen LogP contribution in [0.5, 0.6) is 0 Å². The Bertz CT molecular complexity index is 607. The zero-order valence-corrected chi connectivity index (χ0v) is 15.5. The van der Waals surface area contributed by atoms with Gasteiger partial charge in [0.25, 0.3) is 0 Å². The van der Waals surface area contributed by atoms with E-state index in [4.69, 9.17) is 4.74 Å².